The Morgan fingerprint density at radius 1 is 1.32 bits per heavy atom. The van der Waals surface area contributed by atoms with Crippen molar-refractivity contribution in [2.45, 2.75) is 47.7 Å². The Balaban J connectivity index is 2.16. The van der Waals surface area contributed by atoms with Crippen LogP contribution in [0.4, 0.5) is 0 Å². The third kappa shape index (κ3) is 4.08. The summed E-state index contributed by atoms with van der Waals surface area (Å²) >= 11 is 16.5. The second-order valence-corrected chi connectivity index (χ2v) is 9.85. The van der Waals surface area contributed by atoms with Crippen molar-refractivity contribution >= 4 is 60.5 Å². The van der Waals surface area contributed by atoms with Crippen LogP contribution in [0, 0.1) is 0 Å². The van der Waals surface area contributed by atoms with E-state index in [1.165, 1.54) is 6.07 Å². The SMILES string of the molecule is O=S(=O)(NC1CCCCCC1Cl)c1cc(Cl)c(Br)s1. The van der Waals surface area contributed by atoms with Crippen molar-refractivity contribution in [1.29, 1.82) is 0 Å². The van der Waals surface area contributed by atoms with Gasteiger partial charge < -0.3 is 0 Å². The molecule has 0 bridgehead atoms. The number of hydrogen-bond acceptors (Lipinski definition) is 3. The number of halogens is 3. The largest absolute Gasteiger partial charge is 0.250 e. The number of rotatable bonds is 3. The highest BCUT2D eigenvalue weighted by Crippen LogP contribution is 2.35. The number of thiophene rings is 1. The molecule has 1 fully saturated rings. The van der Waals surface area contributed by atoms with Crippen LogP contribution in [-0.4, -0.2) is 19.8 Å². The molecule has 1 aromatic rings. The Labute approximate surface area is 135 Å². The Morgan fingerprint density at radius 3 is 2.63 bits per heavy atom. The summed E-state index contributed by atoms with van der Waals surface area (Å²) in [5.74, 6) is 0. The molecule has 1 heterocycles. The van der Waals surface area contributed by atoms with Gasteiger partial charge >= 0.3 is 0 Å². The topological polar surface area (TPSA) is 46.2 Å². The average Bonchev–Trinajstić information content (AvgIpc) is 2.55. The van der Waals surface area contributed by atoms with Crippen molar-refractivity contribution < 1.29 is 8.42 Å². The van der Waals surface area contributed by atoms with Gasteiger partial charge in [0.2, 0.25) is 10.0 Å². The molecular weight excluding hydrogens is 393 g/mol. The first-order valence-electron chi connectivity index (χ1n) is 6.01. The van der Waals surface area contributed by atoms with E-state index in [1.807, 2.05) is 0 Å². The molecule has 0 aliphatic heterocycles. The van der Waals surface area contributed by atoms with Gasteiger partial charge in [-0.1, -0.05) is 30.9 Å². The van der Waals surface area contributed by atoms with Gasteiger partial charge in [0.05, 0.1) is 8.81 Å². The summed E-state index contributed by atoms with van der Waals surface area (Å²) < 4.78 is 28.1. The standard InChI is InChI=1S/C11H14BrCl2NO2S2/c12-11-8(14)6-10(18-11)19(16,17)15-9-5-3-1-2-4-7(9)13/h6-7,9,15H,1-5H2. The molecule has 2 unspecified atom stereocenters. The van der Waals surface area contributed by atoms with E-state index in [0.717, 1.165) is 43.4 Å². The molecule has 1 aliphatic carbocycles. The number of alkyl halides is 1. The predicted molar refractivity (Wildman–Crippen MR) is 83.9 cm³/mol. The van der Waals surface area contributed by atoms with Crippen LogP contribution < -0.4 is 4.72 Å². The zero-order valence-corrected chi connectivity index (χ0v) is 14.8. The third-order valence-corrected chi connectivity index (χ3v) is 8.09. The lowest BCUT2D eigenvalue weighted by Gasteiger charge is -2.20. The van der Waals surface area contributed by atoms with E-state index in [2.05, 4.69) is 20.7 Å². The smallest absolute Gasteiger partial charge is 0.206 e. The minimum atomic E-state index is -3.54. The summed E-state index contributed by atoms with van der Waals surface area (Å²) in [6.07, 6.45) is 4.81. The minimum Gasteiger partial charge on any atom is -0.206 e. The van der Waals surface area contributed by atoms with Gasteiger partial charge in [0.1, 0.15) is 4.21 Å². The maximum atomic E-state index is 12.3. The fraction of sp³-hybridized carbons (Fsp3) is 0.636. The van der Waals surface area contributed by atoms with Gasteiger partial charge in [-0.3, -0.25) is 0 Å². The molecule has 0 spiro atoms. The van der Waals surface area contributed by atoms with E-state index in [0.29, 0.717) is 8.81 Å². The Hall–Kier alpha value is 0.670. The van der Waals surface area contributed by atoms with Crippen LogP contribution in [0.1, 0.15) is 32.1 Å². The third-order valence-electron chi connectivity index (χ3n) is 3.13. The summed E-state index contributed by atoms with van der Waals surface area (Å²) in [6.45, 7) is 0. The Kier molecular flexibility index (Phi) is 5.59. The van der Waals surface area contributed by atoms with Crippen LogP contribution >= 0.6 is 50.5 Å². The van der Waals surface area contributed by atoms with E-state index in [4.69, 9.17) is 23.2 Å². The summed E-state index contributed by atoms with van der Waals surface area (Å²) in [5, 5.41) is 0.268. The van der Waals surface area contributed by atoms with Crippen LogP contribution in [-0.2, 0) is 10.0 Å². The van der Waals surface area contributed by atoms with Gasteiger partial charge in [-0.25, -0.2) is 13.1 Å². The monoisotopic (exact) mass is 405 g/mol. The van der Waals surface area contributed by atoms with Crippen molar-refractivity contribution in [3.63, 3.8) is 0 Å². The maximum Gasteiger partial charge on any atom is 0.250 e. The molecule has 1 saturated carbocycles. The van der Waals surface area contributed by atoms with E-state index < -0.39 is 10.0 Å². The molecule has 19 heavy (non-hydrogen) atoms. The van der Waals surface area contributed by atoms with Crippen LogP contribution in [0.5, 0.6) is 0 Å². The quantitative estimate of drug-likeness (QED) is 0.597. The lowest BCUT2D eigenvalue weighted by Crippen LogP contribution is -2.40. The van der Waals surface area contributed by atoms with Crippen molar-refractivity contribution in [2.24, 2.45) is 0 Å². The second-order valence-electron chi connectivity index (χ2n) is 4.57. The van der Waals surface area contributed by atoms with Gasteiger partial charge in [-0.2, -0.15) is 0 Å². The van der Waals surface area contributed by atoms with Crippen LogP contribution in [0.2, 0.25) is 5.02 Å². The molecule has 108 valence electrons. The highest BCUT2D eigenvalue weighted by atomic mass is 79.9. The number of nitrogens with one attached hydrogen (secondary N) is 1. The van der Waals surface area contributed by atoms with Crippen molar-refractivity contribution in [3.05, 3.63) is 14.9 Å². The first-order chi connectivity index (χ1) is 8.90. The van der Waals surface area contributed by atoms with Crippen molar-refractivity contribution in [3.8, 4) is 0 Å². The van der Waals surface area contributed by atoms with Gasteiger partial charge in [-0.15, -0.1) is 22.9 Å². The first-order valence-corrected chi connectivity index (χ1v) is 9.92. The van der Waals surface area contributed by atoms with Gasteiger partial charge in [0, 0.05) is 11.4 Å². The zero-order chi connectivity index (χ0) is 14.0. The van der Waals surface area contributed by atoms with Crippen molar-refractivity contribution in [2.75, 3.05) is 0 Å². The maximum absolute atomic E-state index is 12.3. The number of sulfonamides is 1. The fourth-order valence-corrected chi connectivity index (χ4v) is 6.26. The van der Waals surface area contributed by atoms with E-state index in [-0.39, 0.29) is 15.6 Å². The van der Waals surface area contributed by atoms with E-state index >= 15 is 0 Å². The minimum absolute atomic E-state index is 0.142. The molecule has 1 aliphatic rings. The van der Waals surface area contributed by atoms with E-state index in [1.54, 1.807) is 0 Å². The first kappa shape index (κ1) is 16.0. The molecule has 0 aromatic carbocycles. The molecule has 0 amide bonds. The van der Waals surface area contributed by atoms with Crippen LogP contribution in [0.3, 0.4) is 0 Å². The molecule has 1 aromatic heterocycles. The molecule has 3 nitrogen and oxygen atoms in total. The van der Waals surface area contributed by atoms with Gasteiger partial charge in [-0.05, 0) is 34.8 Å². The number of hydrogen-bond donors (Lipinski definition) is 1. The lowest BCUT2D eigenvalue weighted by atomic mass is 10.1. The Bertz CT molecular complexity index is 527. The highest BCUT2D eigenvalue weighted by Gasteiger charge is 2.28. The van der Waals surface area contributed by atoms with Crippen molar-refractivity contribution in [1.82, 2.24) is 4.72 Å². The fourth-order valence-electron chi connectivity index (χ4n) is 2.11. The molecule has 0 saturated heterocycles. The lowest BCUT2D eigenvalue weighted by molar-refractivity contribution is 0.515. The molecule has 2 rings (SSSR count). The summed E-state index contributed by atoms with van der Waals surface area (Å²) in [5.41, 5.74) is 0. The van der Waals surface area contributed by atoms with E-state index in [9.17, 15) is 8.42 Å². The molecule has 8 heteroatoms. The normalized spacial score (nSPS) is 25.2. The average molecular weight is 407 g/mol. The van der Waals surface area contributed by atoms with Crippen LogP contribution in [0.15, 0.2) is 14.1 Å². The molecule has 2 atom stereocenters. The summed E-state index contributed by atoms with van der Waals surface area (Å²) in [4.78, 5) is 0. The molecule has 1 N–H and O–H groups in total. The summed E-state index contributed by atoms with van der Waals surface area (Å²) in [6, 6.07) is 1.26. The zero-order valence-electron chi connectivity index (χ0n) is 10.0. The van der Waals surface area contributed by atoms with Gasteiger partial charge in [0.25, 0.3) is 0 Å². The molecular formula is C11H14BrCl2NO2S2. The summed E-state index contributed by atoms with van der Waals surface area (Å²) in [7, 11) is -3.54. The highest BCUT2D eigenvalue weighted by molar-refractivity contribution is 9.11. The van der Waals surface area contributed by atoms with Gasteiger partial charge in [0.15, 0.2) is 0 Å². The second kappa shape index (κ2) is 6.62. The molecule has 0 radical (unpaired) electrons. The Morgan fingerprint density at radius 2 is 2.00 bits per heavy atom. The predicted octanol–water partition coefficient (Wildman–Crippen LogP) is 4.38. The van der Waals surface area contributed by atoms with Crippen LogP contribution in [0.25, 0.3) is 0 Å².